The summed E-state index contributed by atoms with van der Waals surface area (Å²) < 4.78 is 13.4. The van der Waals surface area contributed by atoms with Crippen molar-refractivity contribution >= 4 is 28.3 Å². The zero-order valence-corrected chi connectivity index (χ0v) is 15.6. The quantitative estimate of drug-likeness (QED) is 0.629. The molecule has 0 aliphatic carbocycles. The highest BCUT2D eigenvalue weighted by atomic mass is 19.1. The van der Waals surface area contributed by atoms with Gasteiger partial charge in [-0.05, 0) is 43.2 Å². The Bertz CT molecular complexity index is 1200. The van der Waals surface area contributed by atoms with Crippen molar-refractivity contribution < 1.29 is 9.18 Å². The Kier molecular flexibility index (Phi) is 4.75. The third-order valence-electron chi connectivity index (χ3n) is 5.01. The molecule has 1 fully saturated rings. The van der Waals surface area contributed by atoms with Gasteiger partial charge in [0.05, 0.1) is 22.4 Å². The van der Waals surface area contributed by atoms with Crippen LogP contribution in [-0.2, 0) is 0 Å². The SMILES string of the molecule is N/C(=C(/N)c1nc2ccc(F)cc2[nH]c1=O)c1cccc(C(=O)N2CCCC2)c1. The largest absolute Gasteiger partial charge is 0.397 e. The van der Waals surface area contributed by atoms with Gasteiger partial charge >= 0.3 is 0 Å². The second-order valence-electron chi connectivity index (χ2n) is 6.98. The van der Waals surface area contributed by atoms with Crippen LogP contribution in [0.15, 0.2) is 47.3 Å². The first-order chi connectivity index (χ1) is 13.9. The van der Waals surface area contributed by atoms with E-state index in [1.165, 1.54) is 18.2 Å². The highest BCUT2D eigenvalue weighted by Gasteiger charge is 2.20. The molecule has 0 atom stereocenters. The molecule has 1 amide bonds. The van der Waals surface area contributed by atoms with Gasteiger partial charge in [-0.1, -0.05) is 12.1 Å². The average molecular weight is 393 g/mol. The first kappa shape index (κ1) is 18.7. The topological polar surface area (TPSA) is 118 Å². The van der Waals surface area contributed by atoms with Crippen LogP contribution in [0.1, 0.15) is 34.5 Å². The lowest BCUT2D eigenvalue weighted by molar-refractivity contribution is 0.0793. The van der Waals surface area contributed by atoms with Gasteiger partial charge < -0.3 is 21.4 Å². The number of carbonyl (C=O) groups excluding carboxylic acids is 1. The number of aromatic nitrogens is 2. The molecule has 0 radical (unpaired) electrons. The Labute approximate surface area is 165 Å². The lowest BCUT2D eigenvalue weighted by Crippen LogP contribution is -2.27. The maximum absolute atomic E-state index is 13.4. The number of hydrogen-bond donors (Lipinski definition) is 3. The summed E-state index contributed by atoms with van der Waals surface area (Å²) in [6.45, 7) is 1.49. The zero-order valence-electron chi connectivity index (χ0n) is 15.6. The van der Waals surface area contributed by atoms with E-state index in [0.717, 1.165) is 25.9 Å². The van der Waals surface area contributed by atoms with E-state index in [4.69, 9.17) is 11.5 Å². The fraction of sp³-hybridized carbons (Fsp3) is 0.190. The average Bonchev–Trinajstić information content (AvgIpc) is 3.26. The van der Waals surface area contributed by atoms with E-state index in [2.05, 4.69) is 9.97 Å². The van der Waals surface area contributed by atoms with Gasteiger partial charge in [-0.25, -0.2) is 9.37 Å². The summed E-state index contributed by atoms with van der Waals surface area (Å²) in [7, 11) is 0. The number of nitrogens with one attached hydrogen (secondary N) is 1. The highest BCUT2D eigenvalue weighted by Crippen LogP contribution is 2.20. The van der Waals surface area contributed by atoms with Gasteiger partial charge in [0.1, 0.15) is 5.82 Å². The predicted octanol–water partition coefficient (Wildman–Crippen LogP) is 2.04. The molecule has 148 valence electrons. The third-order valence-corrected chi connectivity index (χ3v) is 5.01. The normalized spacial score (nSPS) is 14.9. The van der Waals surface area contributed by atoms with Gasteiger partial charge in [-0.3, -0.25) is 9.59 Å². The zero-order chi connectivity index (χ0) is 20.5. The summed E-state index contributed by atoms with van der Waals surface area (Å²) >= 11 is 0. The van der Waals surface area contributed by atoms with Crippen LogP contribution in [0.2, 0.25) is 0 Å². The summed E-state index contributed by atoms with van der Waals surface area (Å²) in [5.41, 5.74) is 13.5. The van der Waals surface area contributed by atoms with E-state index in [0.29, 0.717) is 16.6 Å². The fourth-order valence-corrected chi connectivity index (χ4v) is 3.45. The number of hydrogen-bond acceptors (Lipinski definition) is 5. The van der Waals surface area contributed by atoms with Crippen LogP contribution in [0.3, 0.4) is 0 Å². The number of nitrogens with two attached hydrogens (primary N) is 2. The number of fused-ring (bicyclic) bond motifs is 1. The van der Waals surface area contributed by atoms with Gasteiger partial charge in [0.25, 0.3) is 11.5 Å². The first-order valence-electron chi connectivity index (χ1n) is 9.29. The molecule has 1 saturated heterocycles. The van der Waals surface area contributed by atoms with Crippen molar-refractivity contribution in [3.8, 4) is 0 Å². The Morgan fingerprint density at radius 1 is 1.03 bits per heavy atom. The second-order valence-corrected chi connectivity index (χ2v) is 6.98. The van der Waals surface area contributed by atoms with Crippen LogP contribution in [0.5, 0.6) is 0 Å². The summed E-state index contributed by atoms with van der Waals surface area (Å²) in [5, 5.41) is 0. The molecule has 0 spiro atoms. The number of aromatic amines is 1. The van der Waals surface area contributed by atoms with Crippen LogP contribution in [0.25, 0.3) is 22.4 Å². The van der Waals surface area contributed by atoms with Crippen molar-refractivity contribution in [1.82, 2.24) is 14.9 Å². The number of nitrogens with zero attached hydrogens (tertiary/aromatic N) is 2. The molecule has 3 aromatic rings. The van der Waals surface area contributed by atoms with Gasteiger partial charge in [-0.2, -0.15) is 0 Å². The van der Waals surface area contributed by atoms with Crippen LogP contribution in [0.4, 0.5) is 4.39 Å². The molecule has 2 heterocycles. The minimum Gasteiger partial charge on any atom is -0.397 e. The third kappa shape index (κ3) is 3.56. The molecule has 29 heavy (non-hydrogen) atoms. The summed E-state index contributed by atoms with van der Waals surface area (Å²) in [6.07, 6.45) is 2.00. The minimum atomic E-state index is -0.576. The van der Waals surface area contributed by atoms with E-state index in [9.17, 15) is 14.0 Å². The molecular weight excluding hydrogens is 373 g/mol. The molecule has 4 rings (SSSR count). The number of likely N-dealkylation sites (tertiary alicyclic amines) is 1. The van der Waals surface area contributed by atoms with E-state index < -0.39 is 11.4 Å². The van der Waals surface area contributed by atoms with Crippen LogP contribution in [0, 0.1) is 5.82 Å². The Balaban J connectivity index is 1.74. The molecule has 5 N–H and O–H groups in total. The second kappa shape index (κ2) is 7.38. The summed E-state index contributed by atoms with van der Waals surface area (Å²) in [4.78, 5) is 33.6. The number of rotatable bonds is 3. The number of benzene rings is 2. The molecule has 1 aliphatic heterocycles. The van der Waals surface area contributed by atoms with Gasteiger partial charge in [-0.15, -0.1) is 0 Å². The van der Waals surface area contributed by atoms with Gasteiger partial charge in [0, 0.05) is 24.2 Å². The van der Waals surface area contributed by atoms with Crippen LogP contribution < -0.4 is 17.0 Å². The number of amides is 1. The van der Waals surface area contributed by atoms with E-state index in [1.807, 2.05) is 0 Å². The molecule has 1 aliphatic rings. The number of H-pyrrole nitrogens is 1. The van der Waals surface area contributed by atoms with Gasteiger partial charge in [0.15, 0.2) is 5.69 Å². The molecule has 2 aromatic carbocycles. The minimum absolute atomic E-state index is 0.0109. The lowest BCUT2D eigenvalue weighted by Gasteiger charge is -2.16. The number of carbonyl (C=O) groups is 1. The lowest BCUT2D eigenvalue weighted by atomic mass is 10.1. The summed E-state index contributed by atoms with van der Waals surface area (Å²) in [6, 6.07) is 10.7. The molecule has 1 aromatic heterocycles. The maximum atomic E-state index is 13.4. The Morgan fingerprint density at radius 2 is 1.76 bits per heavy atom. The molecular formula is C21H20FN5O2. The predicted molar refractivity (Wildman–Crippen MR) is 109 cm³/mol. The van der Waals surface area contributed by atoms with Crippen molar-refractivity contribution in [3.05, 3.63) is 75.5 Å². The molecule has 8 heteroatoms. The van der Waals surface area contributed by atoms with Crippen LogP contribution in [-0.4, -0.2) is 33.9 Å². The van der Waals surface area contributed by atoms with Crippen molar-refractivity contribution in [2.45, 2.75) is 12.8 Å². The van der Waals surface area contributed by atoms with E-state index in [1.54, 1.807) is 29.2 Å². The highest BCUT2D eigenvalue weighted by molar-refractivity contribution is 5.96. The standard InChI is InChI=1S/C21H20FN5O2/c22-14-6-7-15-16(11-14)26-20(28)19(25-15)18(24)17(23)12-4-3-5-13(10-12)21(29)27-8-1-2-9-27/h3-7,10-11H,1-2,8-9,23-24H2,(H,26,28)/b18-17+. The molecule has 0 unspecified atom stereocenters. The van der Waals surface area contributed by atoms with E-state index in [-0.39, 0.29) is 28.5 Å². The van der Waals surface area contributed by atoms with Crippen molar-refractivity contribution in [3.63, 3.8) is 0 Å². The van der Waals surface area contributed by atoms with Crippen LogP contribution >= 0.6 is 0 Å². The van der Waals surface area contributed by atoms with Crippen molar-refractivity contribution in [2.75, 3.05) is 13.1 Å². The first-order valence-corrected chi connectivity index (χ1v) is 9.29. The van der Waals surface area contributed by atoms with E-state index >= 15 is 0 Å². The fourth-order valence-electron chi connectivity index (χ4n) is 3.45. The molecule has 7 nitrogen and oxygen atoms in total. The van der Waals surface area contributed by atoms with Crippen molar-refractivity contribution in [1.29, 1.82) is 0 Å². The van der Waals surface area contributed by atoms with Crippen molar-refractivity contribution in [2.24, 2.45) is 11.5 Å². The molecule has 0 bridgehead atoms. The Hall–Kier alpha value is -3.68. The number of halogens is 1. The Morgan fingerprint density at radius 3 is 2.52 bits per heavy atom. The monoisotopic (exact) mass is 393 g/mol. The smallest absolute Gasteiger partial charge is 0.276 e. The molecule has 0 saturated carbocycles. The summed E-state index contributed by atoms with van der Waals surface area (Å²) in [5.74, 6) is -0.537. The van der Waals surface area contributed by atoms with Gasteiger partial charge in [0.2, 0.25) is 0 Å². The maximum Gasteiger partial charge on any atom is 0.276 e.